The van der Waals surface area contributed by atoms with Crippen LogP contribution in [-0.2, 0) is 0 Å². The molecule has 1 unspecified atom stereocenters. The molecule has 0 spiro atoms. The Bertz CT molecular complexity index is 26.7. The molecule has 0 radical (unpaired) electrons. The number of rotatable bonds is 2. The van der Waals surface area contributed by atoms with E-state index in [4.69, 9.17) is 5.73 Å². The van der Waals surface area contributed by atoms with E-state index in [0.717, 1.165) is 12.5 Å². The zero-order chi connectivity index (χ0) is 4.99. The summed E-state index contributed by atoms with van der Waals surface area (Å²) in [7, 11) is 1.30. The SMILES string of the molecule is CC(CN)C[SiH3]. The molecule has 0 aliphatic rings. The average molecular weight is 103 g/mol. The van der Waals surface area contributed by atoms with Crippen molar-refractivity contribution in [1.29, 1.82) is 0 Å². The lowest BCUT2D eigenvalue weighted by molar-refractivity contribution is 0.663. The molecule has 0 saturated heterocycles. The van der Waals surface area contributed by atoms with E-state index in [2.05, 4.69) is 6.92 Å². The molecule has 0 rings (SSSR count). The summed E-state index contributed by atoms with van der Waals surface area (Å²) in [5, 5.41) is 0. The maximum absolute atomic E-state index is 5.30. The molecule has 6 heavy (non-hydrogen) atoms. The van der Waals surface area contributed by atoms with Gasteiger partial charge in [0.15, 0.2) is 0 Å². The Balaban J connectivity index is 2.75. The summed E-state index contributed by atoms with van der Waals surface area (Å²) < 4.78 is 0. The van der Waals surface area contributed by atoms with Crippen LogP contribution >= 0.6 is 0 Å². The smallest absolute Gasteiger partial charge is 0.00319 e. The summed E-state index contributed by atoms with van der Waals surface area (Å²) >= 11 is 0. The van der Waals surface area contributed by atoms with Gasteiger partial charge in [-0.3, -0.25) is 0 Å². The van der Waals surface area contributed by atoms with Crippen molar-refractivity contribution >= 4 is 10.2 Å². The Morgan fingerprint density at radius 3 is 2.33 bits per heavy atom. The van der Waals surface area contributed by atoms with Gasteiger partial charge in [0.05, 0.1) is 0 Å². The molecule has 0 aromatic rings. The lowest BCUT2D eigenvalue weighted by Gasteiger charge is -1.98. The van der Waals surface area contributed by atoms with Gasteiger partial charge in [0.25, 0.3) is 0 Å². The molecule has 38 valence electrons. The van der Waals surface area contributed by atoms with Gasteiger partial charge >= 0.3 is 0 Å². The summed E-state index contributed by atoms with van der Waals surface area (Å²) in [6, 6.07) is 1.34. The first-order valence-corrected chi connectivity index (χ1v) is 3.92. The van der Waals surface area contributed by atoms with Gasteiger partial charge in [-0.1, -0.05) is 13.0 Å². The zero-order valence-corrected chi connectivity index (χ0v) is 6.57. The Morgan fingerprint density at radius 1 is 1.83 bits per heavy atom. The lowest BCUT2D eigenvalue weighted by Crippen LogP contribution is -2.09. The van der Waals surface area contributed by atoms with Crippen molar-refractivity contribution < 1.29 is 0 Å². The van der Waals surface area contributed by atoms with Crippen molar-refractivity contribution in [3.05, 3.63) is 0 Å². The fourth-order valence-corrected chi connectivity index (χ4v) is 0.500. The minimum Gasteiger partial charge on any atom is -0.330 e. The van der Waals surface area contributed by atoms with E-state index in [1.165, 1.54) is 16.3 Å². The maximum Gasteiger partial charge on any atom is 0.00319 e. The summed E-state index contributed by atoms with van der Waals surface area (Å²) in [6.07, 6.45) is 0. The standard InChI is InChI=1S/C4H13NSi/c1-4(2-5)3-6/h4H,2-3,5H2,1,6H3. The highest BCUT2D eigenvalue weighted by molar-refractivity contribution is 6.08. The van der Waals surface area contributed by atoms with Crippen LogP contribution in [0.3, 0.4) is 0 Å². The molecule has 0 fully saturated rings. The number of hydrogen-bond donors (Lipinski definition) is 1. The van der Waals surface area contributed by atoms with Crippen LogP contribution in [0.4, 0.5) is 0 Å². The Labute approximate surface area is 42.3 Å². The minimum absolute atomic E-state index is 0.775. The van der Waals surface area contributed by atoms with Crippen LogP contribution in [0.1, 0.15) is 6.92 Å². The molecule has 0 saturated carbocycles. The molecule has 0 amide bonds. The van der Waals surface area contributed by atoms with E-state index < -0.39 is 0 Å². The van der Waals surface area contributed by atoms with Gasteiger partial charge < -0.3 is 5.73 Å². The third-order valence-corrected chi connectivity index (χ3v) is 2.49. The minimum atomic E-state index is 0.775. The van der Waals surface area contributed by atoms with Crippen LogP contribution in [0.5, 0.6) is 0 Å². The molecule has 0 heterocycles. The Kier molecular flexibility index (Phi) is 3.47. The van der Waals surface area contributed by atoms with Crippen molar-refractivity contribution in [2.75, 3.05) is 6.54 Å². The molecule has 2 heteroatoms. The molecule has 0 bridgehead atoms. The largest absolute Gasteiger partial charge is 0.330 e. The summed E-state index contributed by atoms with van der Waals surface area (Å²) in [5.74, 6) is 0.775. The average Bonchev–Trinajstić information content (AvgIpc) is 1.65. The summed E-state index contributed by atoms with van der Waals surface area (Å²) in [4.78, 5) is 0. The highest BCUT2D eigenvalue weighted by atomic mass is 28.1. The first-order valence-electron chi connectivity index (χ1n) is 2.51. The van der Waals surface area contributed by atoms with Gasteiger partial charge in [-0.15, -0.1) is 0 Å². The normalized spacial score (nSPS) is 15.0. The van der Waals surface area contributed by atoms with Crippen LogP contribution in [0.2, 0.25) is 6.04 Å². The van der Waals surface area contributed by atoms with Crippen molar-refractivity contribution in [2.24, 2.45) is 11.7 Å². The molecule has 1 atom stereocenters. The highest BCUT2D eigenvalue weighted by Gasteiger charge is 1.89. The van der Waals surface area contributed by atoms with Gasteiger partial charge in [-0.2, -0.15) is 0 Å². The molecule has 0 aliphatic heterocycles. The van der Waals surface area contributed by atoms with Crippen molar-refractivity contribution in [1.82, 2.24) is 0 Å². The van der Waals surface area contributed by atoms with Gasteiger partial charge in [0, 0.05) is 10.2 Å². The molecule has 0 aromatic carbocycles. The van der Waals surface area contributed by atoms with Gasteiger partial charge in [0.1, 0.15) is 0 Å². The van der Waals surface area contributed by atoms with Gasteiger partial charge in [0.2, 0.25) is 0 Å². The van der Waals surface area contributed by atoms with E-state index in [0.29, 0.717) is 0 Å². The van der Waals surface area contributed by atoms with Crippen LogP contribution in [0.25, 0.3) is 0 Å². The zero-order valence-electron chi connectivity index (χ0n) is 4.57. The second-order valence-corrected chi connectivity index (χ2v) is 2.57. The van der Waals surface area contributed by atoms with Crippen LogP contribution in [0, 0.1) is 5.92 Å². The second-order valence-electron chi connectivity index (χ2n) is 1.75. The first-order chi connectivity index (χ1) is 2.81. The quantitative estimate of drug-likeness (QED) is 0.462. The maximum atomic E-state index is 5.30. The van der Waals surface area contributed by atoms with Crippen LogP contribution in [0.15, 0.2) is 0 Å². The van der Waals surface area contributed by atoms with Crippen molar-refractivity contribution in [2.45, 2.75) is 13.0 Å². The molecular weight excluding hydrogens is 90.1 g/mol. The Morgan fingerprint density at radius 2 is 2.33 bits per heavy atom. The number of nitrogens with two attached hydrogens (primary N) is 1. The van der Waals surface area contributed by atoms with E-state index in [1.54, 1.807) is 0 Å². The molecule has 0 aliphatic carbocycles. The van der Waals surface area contributed by atoms with Crippen LogP contribution < -0.4 is 5.73 Å². The third-order valence-electron chi connectivity index (χ3n) is 1.10. The fraction of sp³-hybridized carbons (Fsp3) is 1.00. The fourth-order valence-electron chi connectivity index (χ4n) is 0.167. The predicted octanol–water partition coefficient (Wildman–Crippen LogP) is -0.635. The molecular formula is C4H13NSi. The van der Waals surface area contributed by atoms with Crippen molar-refractivity contribution in [3.63, 3.8) is 0 Å². The molecule has 1 nitrogen and oxygen atoms in total. The summed E-state index contributed by atoms with van der Waals surface area (Å²) in [5.41, 5.74) is 5.30. The molecule has 0 aromatic heterocycles. The van der Waals surface area contributed by atoms with E-state index in [-0.39, 0.29) is 0 Å². The van der Waals surface area contributed by atoms with E-state index in [1.807, 2.05) is 0 Å². The second kappa shape index (κ2) is 3.37. The third kappa shape index (κ3) is 2.42. The van der Waals surface area contributed by atoms with Gasteiger partial charge in [-0.05, 0) is 12.5 Å². The number of hydrogen-bond acceptors (Lipinski definition) is 1. The summed E-state index contributed by atoms with van der Waals surface area (Å²) in [6.45, 7) is 3.05. The van der Waals surface area contributed by atoms with Crippen LogP contribution in [-0.4, -0.2) is 16.8 Å². The predicted molar refractivity (Wildman–Crippen MR) is 33.0 cm³/mol. The lowest BCUT2D eigenvalue weighted by atomic mass is 10.2. The van der Waals surface area contributed by atoms with Crippen molar-refractivity contribution in [3.8, 4) is 0 Å². The monoisotopic (exact) mass is 103 g/mol. The van der Waals surface area contributed by atoms with Gasteiger partial charge in [-0.25, -0.2) is 0 Å². The topological polar surface area (TPSA) is 26.0 Å². The highest BCUT2D eigenvalue weighted by Crippen LogP contribution is 1.92. The molecule has 2 N–H and O–H groups in total. The van der Waals surface area contributed by atoms with E-state index in [9.17, 15) is 0 Å². The first kappa shape index (κ1) is 6.18. The van der Waals surface area contributed by atoms with E-state index >= 15 is 0 Å². The Hall–Kier alpha value is 0.177.